The number of carbonyl (C=O) groups excluding carboxylic acids is 2. The predicted octanol–water partition coefficient (Wildman–Crippen LogP) is -1.43. The molecule has 1 aromatic carbocycles. The van der Waals surface area contributed by atoms with Crippen molar-refractivity contribution in [2.24, 2.45) is 0 Å². The van der Waals surface area contributed by atoms with E-state index in [2.05, 4.69) is 5.32 Å². The summed E-state index contributed by atoms with van der Waals surface area (Å²) in [4.78, 5) is 23.8. The number of hydrogen-bond donors (Lipinski definition) is 5. The van der Waals surface area contributed by atoms with Crippen molar-refractivity contribution in [3.05, 3.63) is 35.9 Å². The smallest absolute Gasteiger partial charge is 0.222 e. The first-order valence-corrected chi connectivity index (χ1v) is 7.62. The zero-order valence-corrected chi connectivity index (χ0v) is 12.9. The maximum absolute atomic E-state index is 11.9. The van der Waals surface area contributed by atoms with Gasteiger partial charge in [-0.05, 0) is 0 Å². The van der Waals surface area contributed by atoms with Crippen LogP contribution in [0.25, 0.3) is 0 Å². The molecule has 0 radical (unpaired) electrons. The number of nitrogens with one attached hydrogen (secondary N) is 1. The van der Waals surface area contributed by atoms with Gasteiger partial charge in [0.25, 0.3) is 0 Å². The van der Waals surface area contributed by atoms with Crippen molar-refractivity contribution >= 4 is 11.7 Å². The zero-order valence-electron chi connectivity index (χ0n) is 12.9. The Labute approximate surface area is 138 Å². The van der Waals surface area contributed by atoms with E-state index in [1.807, 2.05) is 0 Å². The van der Waals surface area contributed by atoms with Gasteiger partial charge in [0.1, 0.15) is 24.4 Å². The molecule has 1 amide bonds. The molecular weight excluding hydrogens is 318 g/mol. The zero-order chi connectivity index (χ0) is 17.7. The summed E-state index contributed by atoms with van der Waals surface area (Å²) in [5.74, 6) is -0.747. The van der Waals surface area contributed by atoms with Crippen LogP contribution in [0.3, 0.4) is 0 Å². The molecule has 2 rings (SSSR count). The third kappa shape index (κ3) is 4.37. The molecule has 0 saturated carbocycles. The first kappa shape index (κ1) is 18.5. The number of rotatable bonds is 6. The van der Waals surface area contributed by atoms with Crippen molar-refractivity contribution in [2.45, 2.75) is 43.5 Å². The van der Waals surface area contributed by atoms with E-state index in [4.69, 9.17) is 9.84 Å². The van der Waals surface area contributed by atoms with Gasteiger partial charge in [0.2, 0.25) is 5.91 Å². The van der Waals surface area contributed by atoms with Crippen LogP contribution >= 0.6 is 0 Å². The van der Waals surface area contributed by atoms with E-state index < -0.39 is 43.2 Å². The van der Waals surface area contributed by atoms with Gasteiger partial charge in [-0.1, -0.05) is 30.3 Å². The van der Waals surface area contributed by atoms with Crippen molar-refractivity contribution in [3.8, 4) is 0 Å². The van der Waals surface area contributed by atoms with Gasteiger partial charge in [-0.25, -0.2) is 0 Å². The van der Waals surface area contributed by atoms with E-state index >= 15 is 0 Å². The summed E-state index contributed by atoms with van der Waals surface area (Å²) in [6.45, 7) is -0.580. The Bertz CT molecular complexity index is 563. The molecule has 1 heterocycles. The molecule has 0 bridgehead atoms. The van der Waals surface area contributed by atoms with Crippen molar-refractivity contribution in [1.29, 1.82) is 0 Å². The number of hydrogen-bond acceptors (Lipinski definition) is 7. The third-order valence-corrected chi connectivity index (χ3v) is 3.87. The molecular formula is C16H21NO7. The molecule has 1 aliphatic rings. The van der Waals surface area contributed by atoms with Gasteiger partial charge in [0, 0.05) is 18.4 Å². The molecule has 0 unspecified atom stereocenters. The van der Waals surface area contributed by atoms with Crippen LogP contribution in [0.5, 0.6) is 0 Å². The minimum Gasteiger partial charge on any atom is -0.394 e. The fourth-order valence-corrected chi connectivity index (χ4v) is 2.45. The summed E-state index contributed by atoms with van der Waals surface area (Å²) >= 11 is 0. The highest BCUT2D eigenvalue weighted by Crippen LogP contribution is 2.19. The Kier molecular flexibility index (Phi) is 6.41. The van der Waals surface area contributed by atoms with Crippen LogP contribution in [0.2, 0.25) is 0 Å². The number of ketones is 1. The molecule has 8 heteroatoms. The van der Waals surface area contributed by atoms with Gasteiger partial charge >= 0.3 is 0 Å². The summed E-state index contributed by atoms with van der Waals surface area (Å²) in [5, 5.41) is 40.6. The Morgan fingerprint density at radius 3 is 2.29 bits per heavy atom. The van der Waals surface area contributed by atoms with Gasteiger partial charge in [-0.2, -0.15) is 0 Å². The lowest BCUT2D eigenvalue weighted by Gasteiger charge is -2.40. The van der Waals surface area contributed by atoms with Crippen LogP contribution in [-0.4, -0.2) is 69.4 Å². The fraction of sp³-hybridized carbons (Fsp3) is 0.500. The maximum Gasteiger partial charge on any atom is 0.222 e. The monoisotopic (exact) mass is 339 g/mol. The van der Waals surface area contributed by atoms with E-state index in [-0.39, 0.29) is 18.6 Å². The fourth-order valence-electron chi connectivity index (χ4n) is 2.45. The van der Waals surface area contributed by atoms with Crippen molar-refractivity contribution < 1.29 is 34.8 Å². The second-order valence-electron chi connectivity index (χ2n) is 5.61. The average Bonchev–Trinajstić information content (AvgIpc) is 2.60. The number of amides is 1. The number of ether oxygens (including phenoxy) is 1. The molecule has 0 spiro atoms. The van der Waals surface area contributed by atoms with Crippen LogP contribution in [0.1, 0.15) is 23.2 Å². The summed E-state index contributed by atoms with van der Waals surface area (Å²) in [6, 6.07) is 8.53. The van der Waals surface area contributed by atoms with Gasteiger partial charge in [-0.3, -0.25) is 9.59 Å². The first-order chi connectivity index (χ1) is 11.4. The molecule has 0 aromatic heterocycles. The summed E-state index contributed by atoms with van der Waals surface area (Å²) in [5.41, 5.74) is 0.498. The minimum atomic E-state index is -1.56. The van der Waals surface area contributed by atoms with Crippen molar-refractivity contribution in [2.75, 3.05) is 6.61 Å². The Hall–Kier alpha value is -1.84. The lowest BCUT2D eigenvalue weighted by molar-refractivity contribution is -0.235. The molecule has 5 atom stereocenters. The SMILES string of the molecule is O=C(CCC(=O)c1ccccc1)N[C@@H]1O[C@H](CO)[C@@H](O)[C@H](O)[C@H]1O. The largest absolute Gasteiger partial charge is 0.394 e. The first-order valence-electron chi connectivity index (χ1n) is 7.62. The second kappa shape index (κ2) is 8.32. The highest BCUT2D eigenvalue weighted by atomic mass is 16.6. The van der Waals surface area contributed by atoms with Crippen LogP contribution in [-0.2, 0) is 9.53 Å². The molecule has 24 heavy (non-hydrogen) atoms. The minimum absolute atomic E-state index is 0.0206. The van der Waals surface area contributed by atoms with E-state index in [1.165, 1.54) is 0 Å². The predicted molar refractivity (Wildman–Crippen MR) is 81.9 cm³/mol. The molecule has 1 saturated heterocycles. The average molecular weight is 339 g/mol. The molecule has 1 aliphatic heterocycles. The number of carbonyl (C=O) groups is 2. The standard InChI is InChI=1S/C16H21NO7/c18-8-11-13(21)14(22)15(23)16(24-11)17-12(20)7-6-10(19)9-4-2-1-3-5-9/h1-5,11,13-16,18,21-23H,6-8H2,(H,17,20)/t11-,13-,14+,15-,16-/m1/s1. The quantitative estimate of drug-likeness (QED) is 0.401. The molecule has 8 nitrogen and oxygen atoms in total. The second-order valence-corrected chi connectivity index (χ2v) is 5.61. The van der Waals surface area contributed by atoms with E-state index in [0.29, 0.717) is 5.56 Å². The van der Waals surface area contributed by atoms with E-state index in [0.717, 1.165) is 0 Å². The number of aliphatic hydroxyl groups is 4. The normalized spacial score (nSPS) is 29.9. The van der Waals surface area contributed by atoms with Crippen LogP contribution < -0.4 is 5.32 Å². The molecule has 5 N–H and O–H groups in total. The summed E-state index contributed by atoms with van der Waals surface area (Å²) in [6.07, 6.45) is -7.11. The summed E-state index contributed by atoms with van der Waals surface area (Å²) in [7, 11) is 0. The van der Waals surface area contributed by atoms with Crippen LogP contribution in [0.4, 0.5) is 0 Å². The third-order valence-electron chi connectivity index (χ3n) is 3.87. The topological polar surface area (TPSA) is 136 Å². The number of benzene rings is 1. The molecule has 0 aliphatic carbocycles. The van der Waals surface area contributed by atoms with Crippen molar-refractivity contribution in [3.63, 3.8) is 0 Å². The van der Waals surface area contributed by atoms with Gasteiger partial charge in [0.05, 0.1) is 6.61 Å². The lowest BCUT2D eigenvalue weighted by Crippen LogP contribution is -2.63. The maximum atomic E-state index is 11.9. The Morgan fingerprint density at radius 2 is 1.67 bits per heavy atom. The highest BCUT2D eigenvalue weighted by Gasteiger charge is 2.43. The van der Waals surface area contributed by atoms with Crippen LogP contribution in [0.15, 0.2) is 30.3 Å². The molecule has 1 fully saturated rings. The van der Waals surface area contributed by atoms with Crippen LogP contribution in [0, 0.1) is 0 Å². The van der Waals surface area contributed by atoms with E-state index in [9.17, 15) is 24.9 Å². The highest BCUT2D eigenvalue weighted by molar-refractivity contribution is 5.97. The lowest BCUT2D eigenvalue weighted by atomic mass is 9.98. The Balaban J connectivity index is 1.86. The Morgan fingerprint density at radius 1 is 1.00 bits per heavy atom. The van der Waals surface area contributed by atoms with Gasteiger partial charge in [-0.15, -0.1) is 0 Å². The van der Waals surface area contributed by atoms with Crippen molar-refractivity contribution in [1.82, 2.24) is 5.32 Å². The summed E-state index contributed by atoms with van der Waals surface area (Å²) < 4.78 is 5.17. The number of Topliss-reactive ketones (excluding diaryl/α,β-unsaturated/α-hetero) is 1. The van der Waals surface area contributed by atoms with Gasteiger partial charge in [0.15, 0.2) is 12.0 Å². The van der Waals surface area contributed by atoms with E-state index in [1.54, 1.807) is 30.3 Å². The molecule has 132 valence electrons. The molecule has 1 aromatic rings. The number of aliphatic hydroxyl groups excluding tert-OH is 4. The van der Waals surface area contributed by atoms with Gasteiger partial charge < -0.3 is 30.5 Å².